The van der Waals surface area contributed by atoms with Crippen molar-refractivity contribution < 1.29 is 13.6 Å². The van der Waals surface area contributed by atoms with E-state index in [1.54, 1.807) is 28.8 Å². The Morgan fingerprint density at radius 1 is 1.21 bits per heavy atom. The molecule has 0 aromatic carbocycles. The predicted molar refractivity (Wildman–Crippen MR) is 104 cm³/mol. The van der Waals surface area contributed by atoms with Crippen LogP contribution in [-0.4, -0.2) is 56.1 Å². The molecule has 156 valence electrons. The van der Waals surface area contributed by atoms with Crippen LogP contribution in [-0.2, 0) is 18.4 Å². The summed E-state index contributed by atoms with van der Waals surface area (Å²) in [6, 6.07) is 3.65. The molecular formula is C20H26F2N6O. The maximum atomic E-state index is 14.8. The number of likely N-dealkylation sites (tertiary alicyclic amines) is 1. The molecule has 2 aromatic heterocycles. The summed E-state index contributed by atoms with van der Waals surface area (Å²) < 4.78 is 31.3. The second-order valence-electron chi connectivity index (χ2n) is 8.40. The summed E-state index contributed by atoms with van der Waals surface area (Å²) in [5.41, 5.74) is 1.35. The molecule has 0 bridgehead atoms. The van der Waals surface area contributed by atoms with Gasteiger partial charge in [-0.2, -0.15) is 5.10 Å². The van der Waals surface area contributed by atoms with Gasteiger partial charge in [-0.15, -0.1) is 0 Å². The number of aromatic nitrogens is 4. The quantitative estimate of drug-likeness (QED) is 0.786. The molecule has 1 amide bonds. The Kier molecular flexibility index (Phi) is 4.78. The average Bonchev–Trinajstić information content (AvgIpc) is 2.95. The van der Waals surface area contributed by atoms with Gasteiger partial charge in [-0.05, 0) is 38.8 Å². The van der Waals surface area contributed by atoms with Crippen LogP contribution in [0.3, 0.4) is 0 Å². The van der Waals surface area contributed by atoms with E-state index in [0.717, 1.165) is 11.4 Å². The molecule has 1 unspecified atom stereocenters. The van der Waals surface area contributed by atoms with Crippen LogP contribution < -0.4 is 4.90 Å². The molecule has 2 aliphatic heterocycles. The SMILES string of the molecule is Cc1ccnc(N2CC(F)(F)CC3(CCCN(Cc4cc(C)nn4C)C3=O)C2)n1. The van der Waals surface area contributed by atoms with E-state index in [0.29, 0.717) is 31.6 Å². The maximum absolute atomic E-state index is 14.8. The number of aryl methyl sites for hydroxylation is 3. The predicted octanol–water partition coefficient (Wildman–Crippen LogP) is 2.48. The second kappa shape index (κ2) is 7.03. The number of hydrogen-bond acceptors (Lipinski definition) is 5. The highest BCUT2D eigenvalue weighted by Crippen LogP contribution is 2.46. The monoisotopic (exact) mass is 404 g/mol. The van der Waals surface area contributed by atoms with Gasteiger partial charge < -0.3 is 9.80 Å². The van der Waals surface area contributed by atoms with Crippen LogP contribution >= 0.6 is 0 Å². The Balaban J connectivity index is 1.62. The van der Waals surface area contributed by atoms with E-state index < -0.39 is 24.3 Å². The zero-order chi connectivity index (χ0) is 20.8. The highest BCUT2D eigenvalue weighted by atomic mass is 19.3. The zero-order valence-electron chi connectivity index (χ0n) is 17.0. The minimum Gasteiger partial charge on any atom is -0.336 e. The number of amides is 1. The Morgan fingerprint density at radius 2 is 2.00 bits per heavy atom. The third-order valence-electron chi connectivity index (χ3n) is 5.85. The molecule has 1 spiro atoms. The van der Waals surface area contributed by atoms with E-state index in [4.69, 9.17) is 0 Å². The molecule has 0 radical (unpaired) electrons. The van der Waals surface area contributed by atoms with Crippen molar-refractivity contribution in [3.63, 3.8) is 0 Å². The van der Waals surface area contributed by atoms with Gasteiger partial charge in [0.05, 0.1) is 29.9 Å². The van der Waals surface area contributed by atoms with E-state index >= 15 is 0 Å². The second-order valence-corrected chi connectivity index (χ2v) is 8.40. The van der Waals surface area contributed by atoms with Gasteiger partial charge in [0, 0.05) is 38.4 Å². The van der Waals surface area contributed by atoms with Gasteiger partial charge in [0.25, 0.3) is 5.92 Å². The summed E-state index contributed by atoms with van der Waals surface area (Å²) >= 11 is 0. The number of anilines is 1. The number of piperidine rings is 2. The Hall–Kier alpha value is -2.58. The topological polar surface area (TPSA) is 67.2 Å². The van der Waals surface area contributed by atoms with Crippen molar-refractivity contribution in [2.75, 3.05) is 24.5 Å². The highest BCUT2D eigenvalue weighted by Gasteiger charge is 2.55. The fraction of sp³-hybridized carbons (Fsp3) is 0.600. The Labute approximate surface area is 168 Å². The molecule has 29 heavy (non-hydrogen) atoms. The van der Waals surface area contributed by atoms with Crippen molar-refractivity contribution in [3.8, 4) is 0 Å². The van der Waals surface area contributed by atoms with Crippen LogP contribution in [0.4, 0.5) is 14.7 Å². The molecule has 7 nitrogen and oxygen atoms in total. The van der Waals surface area contributed by atoms with E-state index in [2.05, 4.69) is 15.1 Å². The van der Waals surface area contributed by atoms with E-state index in [1.165, 1.54) is 4.90 Å². The number of nitrogens with zero attached hydrogens (tertiary/aromatic N) is 6. The van der Waals surface area contributed by atoms with Crippen molar-refractivity contribution in [3.05, 3.63) is 35.4 Å². The summed E-state index contributed by atoms with van der Waals surface area (Å²) in [5, 5.41) is 4.32. The van der Waals surface area contributed by atoms with Crippen molar-refractivity contribution in [1.82, 2.24) is 24.6 Å². The van der Waals surface area contributed by atoms with Crippen molar-refractivity contribution >= 4 is 11.9 Å². The molecule has 9 heteroatoms. The number of carbonyl (C=O) groups excluding carboxylic acids is 1. The summed E-state index contributed by atoms with van der Waals surface area (Å²) in [4.78, 5) is 25.1. The minimum absolute atomic E-state index is 0.209. The van der Waals surface area contributed by atoms with E-state index in [-0.39, 0.29) is 18.4 Å². The Morgan fingerprint density at radius 3 is 2.69 bits per heavy atom. The lowest BCUT2D eigenvalue weighted by Gasteiger charge is -2.49. The normalized spacial score (nSPS) is 24.4. The van der Waals surface area contributed by atoms with E-state index in [1.807, 2.05) is 20.0 Å². The third-order valence-corrected chi connectivity index (χ3v) is 5.85. The van der Waals surface area contributed by atoms with Crippen molar-refractivity contribution in [2.45, 2.75) is 45.6 Å². The molecule has 0 aliphatic carbocycles. The first-order valence-electron chi connectivity index (χ1n) is 9.89. The first-order valence-corrected chi connectivity index (χ1v) is 9.89. The lowest BCUT2D eigenvalue weighted by atomic mass is 9.71. The van der Waals surface area contributed by atoms with Crippen molar-refractivity contribution in [1.29, 1.82) is 0 Å². The van der Waals surface area contributed by atoms with Gasteiger partial charge in [0.1, 0.15) is 0 Å². The van der Waals surface area contributed by atoms with Crippen LogP contribution in [0.15, 0.2) is 18.3 Å². The Bertz CT molecular complexity index is 929. The lowest BCUT2D eigenvalue weighted by molar-refractivity contribution is -0.157. The summed E-state index contributed by atoms with van der Waals surface area (Å²) in [7, 11) is 1.83. The molecule has 1 atom stereocenters. The number of hydrogen-bond donors (Lipinski definition) is 0. The average molecular weight is 404 g/mol. The van der Waals surface area contributed by atoms with Crippen molar-refractivity contribution in [2.24, 2.45) is 12.5 Å². The van der Waals surface area contributed by atoms with Crippen LogP contribution in [0.5, 0.6) is 0 Å². The first kappa shape index (κ1) is 19.7. The maximum Gasteiger partial charge on any atom is 0.266 e. The number of rotatable bonds is 3. The van der Waals surface area contributed by atoms with E-state index in [9.17, 15) is 13.6 Å². The molecule has 2 saturated heterocycles. The van der Waals surface area contributed by atoms with Gasteiger partial charge in [0.2, 0.25) is 11.9 Å². The molecule has 0 saturated carbocycles. The summed E-state index contributed by atoms with van der Waals surface area (Å²) in [6.07, 6.45) is 2.28. The molecule has 4 heterocycles. The van der Waals surface area contributed by atoms with Gasteiger partial charge >= 0.3 is 0 Å². The molecule has 0 N–H and O–H groups in total. The number of carbonyl (C=O) groups is 1. The lowest BCUT2D eigenvalue weighted by Crippen LogP contribution is -2.61. The third kappa shape index (κ3) is 3.82. The molecular weight excluding hydrogens is 378 g/mol. The smallest absolute Gasteiger partial charge is 0.266 e. The largest absolute Gasteiger partial charge is 0.336 e. The summed E-state index contributed by atoms with van der Waals surface area (Å²) in [6.45, 7) is 4.39. The van der Waals surface area contributed by atoms with Crippen LogP contribution in [0.2, 0.25) is 0 Å². The van der Waals surface area contributed by atoms with Crippen LogP contribution in [0.25, 0.3) is 0 Å². The molecule has 2 fully saturated rings. The standard InChI is InChI=1S/C20H26F2N6O/c1-14-5-7-23-18(24-14)28-12-19(11-20(21,22)13-28)6-4-8-27(17(19)29)10-16-9-15(2)25-26(16)3/h5,7,9H,4,6,8,10-13H2,1-3H3. The first-order chi connectivity index (χ1) is 13.7. The zero-order valence-corrected chi connectivity index (χ0v) is 17.0. The molecule has 2 aromatic rings. The molecule has 4 rings (SSSR count). The van der Waals surface area contributed by atoms with Gasteiger partial charge in [0.15, 0.2) is 0 Å². The highest BCUT2D eigenvalue weighted by molar-refractivity contribution is 5.84. The number of alkyl halides is 2. The molecule has 2 aliphatic rings. The minimum atomic E-state index is -2.98. The fourth-order valence-electron chi connectivity index (χ4n) is 4.66. The van der Waals surface area contributed by atoms with Gasteiger partial charge in [-0.3, -0.25) is 9.48 Å². The van der Waals surface area contributed by atoms with Crippen LogP contribution in [0, 0.1) is 19.3 Å². The fourth-order valence-corrected chi connectivity index (χ4v) is 4.66. The number of halogens is 2. The van der Waals surface area contributed by atoms with Gasteiger partial charge in [-0.1, -0.05) is 0 Å². The van der Waals surface area contributed by atoms with Crippen LogP contribution in [0.1, 0.15) is 36.3 Å². The summed E-state index contributed by atoms with van der Waals surface area (Å²) in [5.74, 6) is -2.93. The van der Waals surface area contributed by atoms with Gasteiger partial charge in [-0.25, -0.2) is 18.7 Å².